The van der Waals surface area contributed by atoms with Crippen LogP contribution in [0.4, 0.5) is 0 Å². The second-order valence-corrected chi connectivity index (χ2v) is 10.3. The Labute approximate surface area is 203 Å². The number of likely N-dealkylation sites (tertiary alicyclic amines) is 1. The van der Waals surface area contributed by atoms with Crippen molar-refractivity contribution >= 4 is 40.7 Å². The zero-order valence-electron chi connectivity index (χ0n) is 19.1. The van der Waals surface area contributed by atoms with E-state index < -0.39 is 6.04 Å². The molecule has 7 nitrogen and oxygen atoms in total. The van der Waals surface area contributed by atoms with Crippen LogP contribution in [0.5, 0.6) is 0 Å². The number of amides is 3. The minimum absolute atomic E-state index is 0.148. The number of hydrogen-bond acceptors (Lipinski definition) is 5. The number of carbonyl (C=O) groups is 3. The van der Waals surface area contributed by atoms with Gasteiger partial charge in [0.25, 0.3) is 11.8 Å². The van der Waals surface area contributed by atoms with E-state index in [1.807, 2.05) is 18.2 Å². The van der Waals surface area contributed by atoms with Crippen LogP contribution in [0.3, 0.4) is 0 Å². The topological polar surface area (TPSA) is 73.0 Å². The first-order valence-electron chi connectivity index (χ1n) is 11.1. The molecule has 1 fully saturated rings. The van der Waals surface area contributed by atoms with Gasteiger partial charge in [0.15, 0.2) is 0 Å². The van der Waals surface area contributed by atoms with Gasteiger partial charge in [0, 0.05) is 45.3 Å². The molecule has 0 aliphatic carbocycles. The molecule has 3 amide bonds. The summed E-state index contributed by atoms with van der Waals surface area (Å²) < 4.78 is 0. The number of hydrogen-bond donors (Lipinski definition) is 1. The second-order valence-electron chi connectivity index (χ2n) is 9.00. The average molecular weight is 489 g/mol. The summed E-state index contributed by atoms with van der Waals surface area (Å²) in [6, 6.07) is 6.61. The van der Waals surface area contributed by atoms with Gasteiger partial charge in [-0.3, -0.25) is 14.4 Å². The normalized spacial score (nSPS) is 20.8. The fourth-order valence-corrected chi connectivity index (χ4v) is 5.58. The number of carbonyl (C=O) groups excluding carboxylic acids is 3. The van der Waals surface area contributed by atoms with Gasteiger partial charge in [-0.15, -0.1) is 11.3 Å². The predicted octanol–water partition coefficient (Wildman–Crippen LogP) is 2.53. The molecule has 0 saturated carbocycles. The fraction of sp³-hybridized carbons (Fsp3) is 0.458. The van der Waals surface area contributed by atoms with E-state index >= 15 is 0 Å². The van der Waals surface area contributed by atoms with Crippen LogP contribution in [0.2, 0.25) is 5.02 Å². The van der Waals surface area contributed by atoms with E-state index in [9.17, 15) is 14.4 Å². The molecule has 2 aliphatic heterocycles. The number of benzene rings is 1. The van der Waals surface area contributed by atoms with E-state index in [-0.39, 0.29) is 30.3 Å². The Bertz CT molecular complexity index is 1070. The molecule has 0 unspecified atom stereocenters. The number of halogens is 1. The highest BCUT2D eigenvalue weighted by molar-refractivity contribution is 7.12. The Morgan fingerprint density at radius 1 is 1.12 bits per heavy atom. The van der Waals surface area contributed by atoms with Crippen LogP contribution in [0, 0.1) is 0 Å². The maximum atomic E-state index is 13.5. The third-order valence-corrected chi connectivity index (χ3v) is 7.77. The van der Waals surface area contributed by atoms with Crippen molar-refractivity contribution in [2.24, 2.45) is 0 Å². The lowest BCUT2D eigenvalue weighted by molar-refractivity contribution is -0.132. The minimum atomic E-state index is -0.624. The van der Waals surface area contributed by atoms with Crippen LogP contribution in [0.25, 0.3) is 0 Å². The lowest BCUT2D eigenvalue weighted by Gasteiger charge is -2.26. The van der Waals surface area contributed by atoms with Crippen LogP contribution in [-0.4, -0.2) is 85.3 Å². The largest absolute Gasteiger partial charge is 0.347 e. The fourth-order valence-electron chi connectivity index (χ4n) is 4.54. The molecule has 4 rings (SSSR count). The molecule has 2 atom stereocenters. The molecular weight excluding hydrogens is 460 g/mol. The van der Waals surface area contributed by atoms with Crippen molar-refractivity contribution < 1.29 is 14.4 Å². The zero-order chi connectivity index (χ0) is 23.7. The molecule has 0 spiro atoms. The van der Waals surface area contributed by atoms with E-state index in [1.165, 1.54) is 27.4 Å². The van der Waals surface area contributed by atoms with Gasteiger partial charge in [-0.05, 0) is 61.0 Å². The Kier molecular flexibility index (Phi) is 7.07. The SMILES string of the molecule is CN1CCc2ccc(C(=O)N3C[C@H](NC(=O)c4sccc4Cl)C[C@H]3C(=O)N(C)C)cc2CC1. The number of nitrogens with zero attached hydrogens (tertiary/aromatic N) is 3. The monoisotopic (exact) mass is 488 g/mol. The summed E-state index contributed by atoms with van der Waals surface area (Å²) in [5, 5.41) is 5.12. The first-order valence-corrected chi connectivity index (χ1v) is 12.4. The molecule has 176 valence electrons. The van der Waals surface area contributed by atoms with E-state index in [0.717, 1.165) is 25.9 Å². The van der Waals surface area contributed by atoms with Gasteiger partial charge in [-0.1, -0.05) is 17.7 Å². The van der Waals surface area contributed by atoms with Gasteiger partial charge in [0.2, 0.25) is 5.91 Å². The minimum Gasteiger partial charge on any atom is -0.347 e. The summed E-state index contributed by atoms with van der Waals surface area (Å²) >= 11 is 7.37. The van der Waals surface area contributed by atoms with Crippen molar-refractivity contribution in [1.29, 1.82) is 0 Å². The van der Waals surface area contributed by atoms with Crippen molar-refractivity contribution in [1.82, 2.24) is 20.0 Å². The van der Waals surface area contributed by atoms with E-state index in [4.69, 9.17) is 11.6 Å². The summed E-state index contributed by atoms with van der Waals surface area (Å²) in [5.74, 6) is -0.605. The molecule has 1 N–H and O–H groups in total. The maximum absolute atomic E-state index is 13.5. The number of nitrogens with one attached hydrogen (secondary N) is 1. The number of fused-ring (bicyclic) bond motifs is 1. The predicted molar refractivity (Wildman–Crippen MR) is 130 cm³/mol. The van der Waals surface area contributed by atoms with E-state index in [0.29, 0.717) is 21.9 Å². The van der Waals surface area contributed by atoms with Gasteiger partial charge in [-0.2, -0.15) is 0 Å². The van der Waals surface area contributed by atoms with Crippen molar-refractivity contribution in [3.63, 3.8) is 0 Å². The van der Waals surface area contributed by atoms with Gasteiger partial charge < -0.3 is 20.0 Å². The number of likely N-dealkylation sites (N-methyl/N-ethyl adjacent to an activating group) is 2. The molecule has 3 heterocycles. The van der Waals surface area contributed by atoms with Gasteiger partial charge in [0.1, 0.15) is 10.9 Å². The Hall–Kier alpha value is -2.42. The molecule has 2 aliphatic rings. The quantitative estimate of drug-likeness (QED) is 0.717. The standard InChI is InChI=1S/C24H29ClN4O3S/c1-27(2)24(32)20-13-18(26-22(30)21-19(25)8-11-33-21)14-29(20)23(31)17-5-4-15-6-9-28(3)10-7-16(15)12-17/h4-5,8,11-12,18,20H,6-7,9-10,13-14H2,1-3H3,(H,26,30)/t18-,20+/m1/s1. The molecular formula is C24H29ClN4O3S. The molecule has 2 aromatic rings. The van der Waals surface area contributed by atoms with E-state index in [1.54, 1.807) is 30.4 Å². The number of rotatable bonds is 4. The molecule has 1 aromatic carbocycles. The Morgan fingerprint density at radius 3 is 2.52 bits per heavy atom. The summed E-state index contributed by atoms with van der Waals surface area (Å²) in [6.07, 6.45) is 2.23. The summed E-state index contributed by atoms with van der Waals surface area (Å²) in [5.41, 5.74) is 3.05. The Morgan fingerprint density at radius 2 is 1.85 bits per heavy atom. The molecule has 0 radical (unpaired) electrons. The van der Waals surface area contributed by atoms with Crippen LogP contribution >= 0.6 is 22.9 Å². The Balaban J connectivity index is 1.55. The van der Waals surface area contributed by atoms with Crippen molar-refractivity contribution in [2.75, 3.05) is 40.8 Å². The summed E-state index contributed by atoms with van der Waals surface area (Å²) in [4.78, 5) is 45.0. The first kappa shape index (κ1) is 23.7. The highest BCUT2D eigenvalue weighted by atomic mass is 35.5. The average Bonchev–Trinajstić information content (AvgIpc) is 3.36. The van der Waals surface area contributed by atoms with Crippen LogP contribution in [0.15, 0.2) is 29.6 Å². The summed E-state index contributed by atoms with van der Waals surface area (Å²) in [7, 11) is 5.47. The molecule has 33 heavy (non-hydrogen) atoms. The molecule has 9 heteroatoms. The third-order valence-electron chi connectivity index (χ3n) is 6.43. The summed E-state index contributed by atoms with van der Waals surface area (Å²) in [6.45, 7) is 2.23. The third kappa shape index (κ3) is 5.08. The van der Waals surface area contributed by atoms with Crippen LogP contribution in [-0.2, 0) is 17.6 Å². The molecule has 1 aromatic heterocycles. The lowest BCUT2D eigenvalue weighted by Crippen LogP contribution is -2.45. The van der Waals surface area contributed by atoms with Gasteiger partial charge >= 0.3 is 0 Å². The molecule has 1 saturated heterocycles. The zero-order valence-corrected chi connectivity index (χ0v) is 20.7. The van der Waals surface area contributed by atoms with Crippen molar-refractivity contribution in [3.05, 3.63) is 56.2 Å². The first-order chi connectivity index (χ1) is 15.7. The highest BCUT2D eigenvalue weighted by Gasteiger charge is 2.41. The van der Waals surface area contributed by atoms with Crippen molar-refractivity contribution in [3.8, 4) is 0 Å². The highest BCUT2D eigenvalue weighted by Crippen LogP contribution is 2.26. The number of thiophene rings is 1. The van der Waals surface area contributed by atoms with Gasteiger partial charge in [-0.25, -0.2) is 0 Å². The van der Waals surface area contributed by atoms with E-state index in [2.05, 4.69) is 17.3 Å². The maximum Gasteiger partial charge on any atom is 0.263 e. The lowest BCUT2D eigenvalue weighted by atomic mass is 9.99. The smallest absolute Gasteiger partial charge is 0.263 e. The molecule has 0 bridgehead atoms. The van der Waals surface area contributed by atoms with Crippen LogP contribution in [0.1, 0.15) is 37.6 Å². The van der Waals surface area contributed by atoms with Crippen LogP contribution < -0.4 is 5.32 Å². The second kappa shape index (κ2) is 9.83. The van der Waals surface area contributed by atoms with Crippen molar-refractivity contribution in [2.45, 2.75) is 31.3 Å². The van der Waals surface area contributed by atoms with Gasteiger partial charge in [0.05, 0.1) is 5.02 Å².